The van der Waals surface area contributed by atoms with Crippen LogP contribution in [-0.2, 0) is 5.41 Å². The molecule has 11 heavy (non-hydrogen) atoms. The predicted octanol–water partition coefficient (Wildman–Crippen LogP) is 2.61. The summed E-state index contributed by atoms with van der Waals surface area (Å²) in [5.41, 5.74) is 0.852. The molecule has 1 rings (SSSR count). The molecule has 0 radical (unpaired) electrons. The fourth-order valence-electron chi connectivity index (χ4n) is 0.783. The van der Waals surface area contributed by atoms with Crippen LogP contribution >= 0.6 is 0 Å². The van der Waals surface area contributed by atoms with E-state index in [-0.39, 0.29) is 11.7 Å². The molecule has 2 nitrogen and oxygen atoms in total. The van der Waals surface area contributed by atoms with Crippen LogP contribution in [0.3, 0.4) is 0 Å². The van der Waals surface area contributed by atoms with E-state index in [2.05, 4.69) is 32.9 Å². The first-order chi connectivity index (χ1) is 5.44. The minimum absolute atomic E-state index is 0.0111. The summed E-state index contributed by atoms with van der Waals surface area (Å²) in [7, 11) is 0. The highest BCUT2D eigenvalue weighted by Crippen LogP contribution is 2.29. The first kappa shape index (κ1) is 6.89. The molecule has 1 aromatic rings. The molecule has 0 aliphatic heterocycles. The molecule has 2 heteroatoms. The van der Waals surface area contributed by atoms with Crippen molar-refractivity contribution in [3.63, 3.8) is 0 Å². The van der Waals surface area contributed by atoms with Crippen LogP contribution in [0.1, 0.15) is 34.8 Å². The molecule has 0 N–H and O–H groups in total. The molecule has 0 atom stereocenters. The standard InChI is InChI=1S/C9H15NO/c1-7(2)9(3,4)8-5-6-11-10-8/h5-7H,1-4H3/i6D. The maximum Gasteiger partial charge on any atom is 0.124 e. The van der Waals surface area contributed by atoms with E-state index in [1.54, 1.807) is 6.07 Å². The first-order valence-electron chi connectivity index (χ1n) is 4.38. The molecule has 0 saturated heterocycles. The highest BCUT2D eigenvalue weighted by molar-refractivity contribution is 5.11. The van der Waals surface area contributed by atoms with Crippen molar-refractivity contribution in [3.8, 4) is 0 Å². The van der Waals surface area contributed by atoms with Gasteiger partial charge in [0.05, 0.1) is 5.69 Å². The smallest absolute Gasteiger partial charge is 0.124 e. The topological polar surface area (TPSA) is 26.0 Å². The van der Waals surface area contributed by atoms with Crippen molar-refractivity contribution in [2.24, 2.45) is 5.92 Å². The van der Waals surface area contributed by atoms with E-state index in [1.807, 2.05) is 0 Å². The summed E-state index contributed by atoms with van der Waals surface area (Å²) in [6.45, 7) is 8.49. The molecule has 0 saturated carbocycles. The Morgan fingerprint density at radius 1 is 1.64 bits per heavy atom. The van der Waals surface area contributed by atoms with Crippen LogP contribution in [-0.4, -0.2) is 5.16 Å². The van der Waals surface area contributed by atoms with Crippen LogP contribution < -0.4 is 0 Å². The maximum atomic E-state index is 7.21. The van der Waals surface area contributed by atoms with Gasteiger partial charge in [-0.05, 0) is 5.92 Å². The summed E-state index contributed by atoms with van der Waals surface area (Å²) in [6.07, 6.45) is 0.138. The number of nitrogens with zero attached hydrogens (tertiary/aromatic N) is 1. The summed E-state index contributed by atoms with van der Waals surface area (Å²) in [5, 5.41) is 3.85. The predicted molar refractivity (Wildman–Crippen MR) is 44.4 cm³/mol. The van der Waals surface area contributed by atoms with Gasteiger partial charge in [0.2, 0.25) is 0 Å². The van der Waals surface area contributed by atoms with Crippen LogP contribution in [0.25, 0.3) is 0 Å². The number of hydrogen-bond acceptors (Lipinski definition) is 2. The van der Waals surface area contributed by atoms with Crippen molar-refractivity contribution in [2.45, 2.75) is 33.1 Å². The van der Waals surface area contributed by atoms with Gasteiger partial charge in [-0.1, -0.05) is 32.9 Å². The van der Waals surface area contributed by atoms with Crippen molar-refractivity contribution in [1.29, 1.82) is 0 Å². The molecular formula is C9H15NO. The van der Waals surface area contributed by atoms with Gasteiger partial charge in [-0.25, -0.2) is 0 Å². The van der Waals surface area contributed by atoms with Crippen molar-refractivity contribution in [3.05, 3.63) is 18.0 Å². The number of aromatic nitrogens is 1. The zero-order chi connectivity index (χ0) is 9.35. The largest absolute Gasteiger partial charge is 0.364 e. The molecule has 0 spiro atoms. The Morgan fingerprint density at radius 2 is 2.27 bits per heavy atom. The van der Waals surface area contributed by atoms with Crippen LogP contribution in [0, 0.1) is 5.92 Å². The van der Waals surface area contributed by atoms with Gasteiger partial charge in [-0.15, -0.1) is 0 Å². The van der Waals surface area contributed by atoms with Gasteiger partial charge < -0.3 is 4.52 Å². The van der Waals surface area contributed by atoms with Gasteiger partial charge in [-0.3, -0.25) is 0 Å². The Bertz CT molecular complexity index is 265. The second-order valence-corrected chi connectivity index (χ2v) is 3.71. The van der Waals surface area contributed by atoms with Gasteiger partial charge in [0, 0.05) is 11.5 Å². The lowest BCUT2D eigenvalue weighted by molar-refractivity contribution is 0.328. The van der Waals surface area contributed by atoms with E-state index in [1.165, 1.54) is 0 Å². The SMILES string of the molecule is [2H]c1cc(C(C)(C)C(C)C)no1. The van der Waals surface area contributed by atoms with Gasteiger partial charge in [0.15, 0.2) is 0 Å². The third kappa shape index (κ3) is 1.44. The zero-order valence-corrected chi connectivity index (χ0v) is 7.51. The van der Waals surface area contributed by atoms with Crippen LogP contribution in [0.4, 0.5) is 0 Å². The lowest BCUT2D eigenvalue weighted by Gasteiger charge is -2.26. The van der Waals surface area contributed by atoms with Crippen molar-refractivity contribution in [1.82, 2.24) is 5.16 Å². The molecular weight excluding hydrogens is 138 g/mol. The van der Waals surface area contributed by atoms with Gasteiger partial charge >= 0.3 is 0 Å². The van der Waals surface area contributed by atoms with E-state index < -0.39 is 0 Å². The van der Waals surface area contributed by atoms with E-state index in [0.717, 1.165) is 5.69 Å². The molecule has 0 aromatic carbocycles. The molecule has 0 aliphatic rings. The normalized spacial score (nSPS) is 13.7. The van der Waals surface area contributed by atoms with Crippen LogP contribution in [0.5, 0.6) is 0 Å². The second-order valence-electron chi connectivity index (χ2n) is 3.71. The van der Waals surface area contributed by atoms with Gasteiger partial charge in [0.1, 0.15) is 7.61 Å². The molecule has 0 bridgehead atoms. The third-order valence-electron chi connectivity index (χ3n) is 2.50. The fraction of sp³-hybridized carbons (Fsp3) is 0.667. The van der Waals surface area contributed by atoms with Crippen molar-refractivity contribution >= 4 is 0 Å². The average Bonchev–Trinajstić information content (AvgIpc) is 2.35. The summed E-state index contributed by atoms with van der Waals surface area (Å²) in [4.78, 5) is 0. The minimum atomic E-state index is -0.0111. The highest BCUT2D eigenvalue weighted by Gasteiger charge is 2.27. The zero-order valence-electron chi connectivity index (χ0n) is 8.51. The molecule has 0 unspecified atom stereocenters. The van der Waals surface area contributed by atoms with E-state index in [4.69, 9.17) is 5.89 Å². The maximum absolute atomic E-state index is 7.21. The van der Waals surface area contributed by atoms with E-state index >= 15 is 0 Å². The van der Waals surface area contributed by atoms with E-state index in [0.29, 0.717) is 5.92 Å². The Labute approximate surface area is 69.0 Å². The van der Waals surface area contributed by atoms with Crippen LogP contribution in [0.15, 0.2) is 16.8 Å². The van der Waals surface area contributed by atoms with E-state index in [9.17, 15) is 0 Å². The lowest BCUT2D eigenvalue weighted by Crippen LogP contribution is -2.24. The first-order valence-corrected chi connectivity index (χ1v) is 3.88. The fourth-order valence-corrected chi connectivity index (χ4v) is 0.783. The lowest BCUT2D eigenvalue weighted by atomic mass is 9.78. The Hall–Kier alpha value is -0.790. The second kappa shape index (κ2) is 2.68. The monoisotopic (exact) mass is 154 g/mol. The molecule has 0 amide bonds. The Morgan fingerprint density at radius 3 is 2.64 bits per heavy atom. The summed E-state index contributed by atoms with van der Waals surface area (Å²) in [6, 6.07) is 1.68. The van der Waals surface area contributed by atoms with Gasteiger partial charge in [0.25, 0.3) is 0 Å². The molecule has 1 aromatic heterocycles. The quantitative estimate of drug-likeness (QED) is 0.654. The highest BCUT2D eigenvalue weighted by atomic mass is 16.5. The number of rotatable bonds is 2. The van der Waals surface area contributed by atoms with Crippen molar-refractivity contribution < 1.29 is 5.89 Å². The summed E-state index contributed by atoms with van der Waals surface area (Å²) < 4.78 is 11.9. The minimum Gasteiger partial charge on any atom is -0.364 e. The van der Waals surface area contributed by atoms with Gasteiger partial charge in [-0.2, -0.15) is 0 Å². The molecule has 0 fully saturated rings. The summed E-state index contributed by atoms with van der Waals surface area (Å²) >= 11 is 0. The number of hydrogen-bond donors (Lipinski definition) is 0. The average molecular weight is 154 g/mol. The Kier molecular flexibility index (Phi) is 1.68. The molecule has 1 heterocycles. The van der Waals surface area contributed by atoms with Crippen molar-refractivity contribution in [2.75, 3.05) is 0 Å². The molecule has 0 aliphatic carbocycles. The third-order valence-corrected chi connectivity index (χ3v) is 2.50. The molecule has 62 valence electrons. The van der Waals surface area contributed by atoms with Crippen LogP contribution in [0.2, 0.25) is 0 Å². The Balaban J connectivity index is 2.97. The summed E-state index contributed by atoms with van der Waals surface area (Å²) in [5.74, 6) is 0.488.